The van der Waals surface area contributed by atoms with E-state index < -0.39 is 0 Å². The molecule has 0 bridgehead atoms. The lowest BCUT2D eigenvalue weighted by Crippen LogP contribution is -2.48. The molecule has 0 amide bonds. The van der Waals surface area contributed by atoms with E-state index in [2.05, 4.69) is 48.5 Å². The summed E-state index contributed by atoms with van der Waals surface area (Å²) in [5, 5.41) is 5.76. The van der Waals surface area contributed by atoms with Gasteiger partial charge in [-0.05, 0) is 43.3 Å². The minimum atomic E-state index is 0.583. The first-order valence-electron chi connectivity index (χ1n) is 7.24. The number of likely N-dealkylation sites (N-methyl/N-ethyl adjacent to an activating group) is 1. The summed E-state index contributed by atoms with van der Waals surface area (Å²) < 4.78 is 0. The zero-order chi connectivity index (χ0) is 13.0. The molecule has 102 valence electrons. The minimum Gasteiger partial charge on any atom is -0.315 e. The number of piperidine rings is 1. The molecular formula is C15H26N2S. The fourth-order valence-corrected chi connectivity index (χ4v) is 4.15. The maximum atomic E-state index is 3.55. The quantitative estimate of drug-likeness (QED) is 0.877. The molecular weight excluding hydrogens is 240 g/mol. The third-order valence-corrected chi connectivity index (χ3v) is 4.87. The largest absolute Gasteiger partial charge is 0.315 e. The van der Waals surface area contributed by atoms with Gasteiger partial charge in [-0.3, -0.25) is 4.90 Å². The van der Waals surface area contributed by atoms with Crippen molar-refractivity contribution in [1.29, 1.82) is 0 Å². The summed E-state index contributed by atoms with van der Waals surface area (Å²) in [6.45, 7) is 10.5. The SMILES string of the molecule is CCN(C1CCCNC1)C(c1cccs1)C(C)C. The van der Waals surface area contributed by atoms with E-state index in [9.17, 15) is 0 Å². The Morgan fingerprint density at radius 1 is 1.50 bits per heavy atom. The van der Waals surface area contributed by atoms with Gasteiger partial charge in [0, 0.05) is 23.5 Å². The lowest BCUT2D eigenvalue weighted by atomic mass is 9.96. The van der Waals surface area contributed by atoms with Gasteiger partial charge in [0.1, 0.15) is 0 Å². The van der Waals surface area contributed by atoms with E-state index in [1.54, 1.807) is 0 Å². The smallest absolute Gasteiger partial charge is 0.0467 e. The summed E-state index contributed by atoms with van der Waals surface area (Å²) in [5.41, 5.74) is 0. The Morgan fingerprint density at radius 3 is 2.83 bits per heavy atom. The van der Waals surface area contributed by atoms with Crippen LogP contribution in [0.15, 0.2) is 17.5 Å². The molecule has 0 aliphatic carbocycles. The highest BCUT2D eigenvalue weighted by atomic mass is 32.1. The molecule has 1 aromatic heterocycles. The van der Waals surface area contributed by atoms with Crippen molar-refractivity contribution >= 4 is 11.3 Å². The fourth-order valence-electron chi connectivity index (χ4n) is 3.13. The topological polar surface area (TPSA) is 15.3 Å². The molecule has 1 saturated heterocycles. The van der Waals surface area contributed by atoms with Gasteiger partial charge in [0.2, 0.25) is 0 Å². The van der Waals surface area contributed by atoms with Crippen LogP contribution in [0.3, 0.4) is 0 Å². The highest BCUT2D eigenvalue weighted by Gasteiger charge is 2.29. The number of nitrogens with zero attached hydrogens (tertiary/aromatic N) is 1. The van der Waals surface area contributed by atoms with Crippen molar-refractivity contribution in [3.8, 4) is 0 Å². The highest BCUT2D eigenvalue weighted by molar-refractivity contribution is 7.10. The molecule has 1 fully saturated rings. The first-order valence-corrected chi connectivity index (χ1v) is 8.11. The summed E-state index contributed by atoms with van der Waals surface area (Å²) >= 11 is 1.90. The molecule has 1 aliphatic heterocycles. The van der Waals surface area contributed by atoms with E-state index in [0.29, 0.717) is 18.0 Å². The molecule has 1 aliphatic rings. The van der Waals surface area contributed by atoms with Crippen molar-refractivity contribution in [2.75, 3.05) is 19.6 Å². The molecule has 0 radical (unpaired) electrons. The Balaban J connectivity index is 2.16. The normalized spacial score (nSPS) is 22.6. The van der Waals surface area contributed by atoms with Crippen molar-refractivity contribution in [1.82, 2.24) is 10.2 Å². The summed E-state index contributed by atoms with van der Waals surface area (Å²) in [6.07, 6.45) is 2.66. The van der Waals surface area contributed by atoms with Crippen LogP contribution in [0.2, 0.25) is 0 Å². The molecule has 0 aromatic carbocycles. The van der Waals surface area contributed by atoms with Crippen LogP contribution in [0.4, 0.5) is 0 Å². The van der Waals surface area contributed by atoms with Gasteiger partial charge in [0.15, 0.2) is 0 Å². The van der Waals surface area contributed by atoms with Gasteiger partial charge in [-0.25, -0.2) is 0 Å². The Kier molecular flexibility index (Phi) is 5.22. The Hall–Kier alpha value is -0.380. The number of hydrogen-bond donors (Lipinski definition) is 1. The second kappa shape index (κ2) is 6.69. The predicted octanol–water partition coefficient (Wildman–Crippen LogP) is 3.52. The standard InChI is InChI=1S/C15H26N2S/c1-4-17(13-7-5-9-16-11-13)15(12(2)3)14-8-6-10-18-14/h6,8,10,12-13,15-16H,4-5,7,9,11H2,1-3H3. The van der Waals surface area contributed by atoms with E-state index in [-0.39, 0.29) is 0 Å². The molecule has 18 heavy (non-hydrogen) atoms. The van der Waals surface area contributed by atoms with Gasteiger partial charge in [-0.15, -0.1) is 11.3 Å². The van der Waals surface area contributed by atoms with Crippen LogP contribution in [0, 0.1) is 5.92 Å². The maximum Gasteiger partial charge on any atom is 0.0467 e. The van der Waals surface area contributed by atoms with Crippen LogP contribution in [0.1, 0.15) is 44.5 Å². The summed E-state index contributed by atoms with van der Waals surface area (Å²) in [7, 11) is 0. The lowest BCUT2D eigenvalue weighted by Gasteiger charge is -2.41. The highest BCUT2D eigenvalue weighted by Crippen LogP contribution is 2.34. The molecule has 3 heteroatoms. The van der Waals surface area contributed by atoms with E-state index >= 15 is 0 Å². The first kappa shape index (κ1) is 14.0. The molecule has 2 nitrogen and oxygen atoms in total. The Bertz CT molecular complexity index is 328. The Morgan fingerprint density at radius 2 is 2.33 bits per heavy atom. The van der Waals surface area contributed by atoms with Crippen molar-refractivity contribution in [2.45, 2.75) is 45.7 Å². The van der Waals surface area contributed by atoms with Crippen molar-refractivity contribution in [2.24, 2.45) is 5.92 Å². The lowest BCUT2D eigenvalue weighted by molar-refractivity contribution is 0.0924. The van der Waals surface area contributed by atoms with Gasteiger partial charge >= 0.3 is 0 Å². The number of thiophene rings is 1. The summed E-state index contributed by atoms with van der Waals surface area (Å²) in [6, 6.07) is 5.77. The second-order valence-electron chi connectivity index (χ2n) is 5.53. The third kappa shape index (κ3) is 3.14. The van der Waals surface area contributed by atoms with Gasteiger partial charge in [-0.2, -0.15) is 0 Å². The van der Waals surface area contributed by atoms with Gasteiger partial charge in [-0.1, -0.05) is 26.8 Å². The molecule has 1 aromatic rings. The summed E-state index contributed by atoms with van der Waals surface area (Å²) in [5.74, 6) is 0.672. The number of rotatable bonds is 5. The van der Waals surface area contributed by atoms with E-state index in [4.69, 9.17) is 0 Å². The van der Waals surface area contributed by atoms with Crippen LogP contribution in [0.5, 0.6) is 0 Å². The average Bonchev–Trinajstić information content (AvgIpc) is 2.89. The van der Waals surface area contributed by atoms with E-state index in [1.807, 2.05) is 11.3 Å². The second-order valence-corrected chi connectivity index (χ2v) is 6.51. The van der Waals surface area contributed by atoms with E-state index in [0.717, 1.165) is 13.1 Å². The third-order valence-electron chi connectivity index (χ3n) is 3.93. The molecule has 2 heterocycles. The van der Waals surface area contributed by atoms with E-state index in [1.165, 1.54) is 24.3 Å². The van der Waals surface area contributed by atoms with Crippen molar-refractivity contribution < 1.29 is 0 Å². The van der Waals surface area contributed by atoms with Crippen LogP contribution < -0.4 is 5.32 Å². The monoisotopic (exact) mass is 266 g/mol. The number of nitrogens with one attached hydrogen (secondary N) is 1. The zero-order valence-electron chi connectivity index (χ0n) is 11.9. The van der Waals surface area contributed by atoms with Crippen LogP contribution in [0.25, 0.3) is 0 Å². The first-order chi connectivity index (χ1) is 8.74. The molecule has 0 saturated carbocycles. The number of hydrogen-bond acceptors (Lipinski definition) is 3. The maximum absolute atomic E-state index is 3.55. The van der Waals surface area contributed by atoms with Gasteiger partial charge in [0.05, 0.1) is 0 Å². The predicted molar refractivity (Wildman–Crippen MR) is 80.2 cm³/mol. The molecule has 2 rings (SSSR count). The van der Waals surface area contributed by atoms with Crippen molar-refractivity contribution in [3.63, 3.8) is 0 Å². The van der Waals surface area contributed by atoms with Gasteiger partial charge in [0.25, 0.3) is 0 Å². The molecule has 2 unspecified atom stereocenters. The van der Waals surface area contributed by atoms with Crippen molar-refractivity contribution in [3.05, 3.63) is 22.4 Å². The van der Waals surface area contributed by atoms with Crippen LogP contribution >= 0.6 is 11.3 Å². The molecule has 0 spiro atoms. The molecule has 1 N–H and O–H groups in total. The average molecular weight is 266 g/mol. The minimum absolute atomic E-state index is 0.583. The Labute approximate surface area is 115 Å². The molecule has 2 atom stereocenters. The zero-order valence-corrected chi connectivity index (χ0v) is 12.7. The van der Waals surface area contributed by atoms with Gasteiger partial charge < -0.3 is 5.32 Å². The fraction of sp³-hybridized carbons (Fsp3) is 0.733. The summed E-state index contributed by atoms with van der Waals surface area (Å²) in [4.78, 5) is 4.24. The van der Waals surface area contributed by atoms with Crippen LogP contribution in [-0.4, -0.2) is 30.6 Å². The van der Waals surface area contributed by atoms with Crippen LogP contribution in [-0.2, 0) is 0 Å².